The van der Waals surface area contributed by atoms with Crippen LogP contribution in [0.15, 0.2) is 47.8 Å². The van der Waals surface area contributed by atoms with E-state index in [9.17, 15) is 5.26 Å². The number of benzene rings is 2. The van der Waals surface area contributed by atoms with Crippen LogP contribution in [-0.4, -0.2) is 18.7 Å². The Kier molecular flexibility index (Phi) is 7.04. The third-order valence-corrected chi connectivity index (χ3v) is 5.33. The summed E-state index contributed by atoms with van der Waals surface area (Å²) in [7, 11) is 1.62. The molecule has 0 radical (unpaired) electrons. The van der Waals surface area contributed by atoms with E-state index in [2.05, 4.69) is 37.0 Å². The predicted molar refractivity (Wildman–Crippen MR) is 119 cm³/mol. The molecule has 1 heterocycles. The van der Waals surface area contributed by atoms with Gasteiger partial charge in [-0.3, -0.25) is 0 Å². The number of aryl methyl sites for hydroxylation is 1. The zero-order valence-corrected chi connectivity index (χ0v) is 17.8. The molecule has 0 fully saturated rings. The van der Waals surface area contributed by atoms with Gasteiger partial charge in [-0.05, 0) is 37.1 Å². The minimum Gasteiger partial charge on any atom is -0.493 e. The molecule has 0 saturated carbocycles. The largest absolute Gasteiger partial charge is 0.493 e. The van der Waals surface area contributed by atoms with Crippen molar-refractivity contribution < 1.29 is 9.47 Å². The number of nitrogens with zero attached hydrogens (tertiary/aromatic N) is 2. The maximum absolute atomic E-state index is 9.67. The quantitative estimate of drug-likeness (QED) is 0.323. The second-order valence-electron chi connectivity index (χ2n) is 6.69. The summed E-state index contributed by atoms with van der Waals surface area (Å²) in [6, 6.07) is 16.2. The molecule has 29 heavy (non-hydrogen) atoms. The van der Waals surface area contributed by atoms with Crippen LogP contribution in [0.1, 0.15) is 35.9 Å². The van der Waals surface area contributed by atoms with Crippen LogP contribution < -0.4 is 9.47 Å². The Morgan fingerprint density at radius 3 is 2.66 bits per heavy atom. The van der Waals surface area contributed by atoms with Gasteiger partial charge in [-0.1, -0.05) is 49.2 Å². The summed E-state index contributed by atoms with van der Waals surface area (Å²) in [6.07, 6.45) is 3.90. The number of unbranched alkanes of at least 4 members (excludes halogenated alkanes) is 1. The zero-order chi connectivity index (χ0) is 20.6. The molecule has 5 heteroatoms. The summed E-state index contributed by atoms with van der Waals surface area (Å²) in [4.78, 5) is 4.66. The smallest absolute Gasteiger partial charge is 0.161 e. The van der Waals surface area contributed by atoms with Crippen LogP contribution in [0.2, 0.25) is 0 Å². The topological polar surface area (TPSA) is 55.1 Å². The van der Waals surface area contributed by atoms with Crippen molar-refractivity contribution >= 4 is 23.0 Å². The molecule has 0 aliphatic heterocycles. The summed E-state index contributed by atoms with van der Waals surface area (Å²) in [5.74, 6) is 1.37. The van der Waals surface area contributed by atoms with E-state index in [1.165, 1.54) is 16.9 Å². The van der Waals surface area contributed by atoms with Gasteiger partial charge in [-0.15, -0.1) is 11.3 Å². The van der Waals surface area contributed by atoms with E-state index in [1.54, 1.807) is 7.11 Å². The minimum absolute atomic E-state index is 0.523. The molecule has 0 amide bonds. The first-order valence-electron chi connectivity index (χ1n) is 9.60. The summed E-state index contributed by atoms with van der Waals surface area (Å²) in [5, 5.41) is 12.4. The molecule has 0 bridgehead atoms. The number of methoxy groups -OCH3 is 1. The van der Waals surface area contributed by atoms with Crippen molar-refractivity contribution in [2.75, 3.05) is 13.7 Å². The SMILES string of the molecule is CCCCOc1ccc(C=C(C#N)c2nc(-c3ccc(C)cc3)cs2)cc1OC. The van der Waals surface area contributed by atoms with E-state index in [0.717, 1.165) is 29.7 Å². The molecule has 0 saturated heterocycles. The Labute approximate surface area is 176 Å². The van der Waals surface area contributed by atoms with Gasteiger partial charge in [-0.25, -0.2) is 4.98 Å². The highest BCUT2D eigenvalue weighted by Crippen LogP contribution is 2.31. The molecule has 0 N–H and O–H groups in total. The standard InChI is InChI=1S/C24H24N2O2S/c1-4-5-12-28-22-11-8-18(14-23(22)27-3)13-20(15-25)24-26-21(16-29-24)19-9-6-17(2)7-10-19/h6-11,13-14,16H,4-5,12H2,1-3H3. The molecule has 4 nitrogen and oxygen atoms in total. The van der Waals surface area contributed by atoms with Crippen LogP contribution in [0, 0.1) is 18.3 Å². The molecule has 1 aromatic heterocycles. The normalized spacial score (nSPS) is 11.2. The Balaban J connectivity index is 1.84. The second kappa shape index (κ2) is 9.90. The lowest BCUT2D eigenvalue weighted by Gasteiger charge is -2.11. The summed E-state index contributed by atoms with van der Waals surface area (Å²) >= 11 is 1.47. The highest BCUT2D eigenvalue weighted by molar-refractivity contribution is 7.11. The first-order valence-corrected chi connectivity index (χ1v) is 10.5. The molecular weight excluding hydrogens is 380 g/mol. The number of aromatic nitrogens is 1. The number of ether oxygens (including phenoxy) is 2. The van der Waals surface area contributed by atoms with Crippen molar-refractivity contribution in [1.82, 2.24) is 4.98 Å². The van der Waals surface area contributed by atoms with Crippen molar-refractivity contribution in [2.24, 2.45) is 0 Å². The minimum atomic E-state index is 0.523. The van der Waals surface area contributed by atoms with E-state index >= 15 is 0 Å². The van der Waals surface area contributed by atoms with Gasteiger partial charge < -0.3 is 9.47 Å². The van der Waals surface area contributed by atoms with E-state index in [4.69, 9.17) is 9.47 Å². The molecule has 0 spiro atoms. The van der Waals surface area contributed by atoms with E-state index in [-0.39, 0.29) is 0 Å². The third kappa shape index (κ3) is 5.24. The van der Waals surface area contributed by atoms with Crippen molar-refractivity contribution in [2.45, 2.75) is 26.7 Å². The molecule has 148 valence electrons. The highest BCUT2D eigenvalue weighted by Gasteiger charge is 2.11. The van der Waals surface area contributed by atoms with Gasteiger partial charge in [0.1, 0.15) is 11.1 Å². The lowest BCUT2D eigenvalue weighted by atomic mass is 10.1. The van der Waals surface area contributed by atoms with Crippen molar-refractivity contribution in [1.29, 1.82) is 5.26 Å². The van der Waals surface area contributed by atoms with Gasteiger partial charge in [0.2, 0.25) is 0 Å². The molecule has 2 aromatic carbocycles. The number of hydrogen-bond donors (Lipinski definition) is 0. The van der Waals surface area contributed by atoms with Crippen molar-refractivity contribution in [3.05, 3.63) is 64.0 Å². The van der Waals surface area contributed by atoms with Crippen LogP contribution in [0.25, 0.3) is 22.9 Å². The molecule has 3 rings (SSSR count). The highest BCUT2D eigenvalue weighted by atomic mass is 32.1. The zero-order valence-electron chi connectivity index (χ0n) is 16.9. The predicted octanol–water partition coefficient (Wildman–Crippen LogP) is 6.37. The fraction of sp³-hybridized carbons (Fsp3) is 0.250. The Hall–Kier alpha value is -3.10. The van der Waals surface area contributed by atoms with Crippen molar-refractivity contribution in [3.8, 4) is 28.8 Å². The monoisotopic (exact) mass is 404 g/mol. The van der Waals surface area contributed by atoms with Gasteiger partial charge in [0.25, 0.3) is 0 Å². The average Bonchev–Trinajstić information content (AvgIpc) is 3.23. The van der Waals surface area contributed by atoms with E-state index in [1.807, 2.05) is 41.8 Å². The molecule has 0 atom stereocenters. The number of hydrogen-bond acceptors (Lipinski definition) is 5. The maximum Gasteiger partial charge on any atom is 0.161 e. The maximum atomic E-state index is 9.67. The molecule has 0 unspecified atom stereocenters. The van der Waals surface area contributed by atoms with Gasteiger partial charge in [0.05, 0.1) is 25.0 Å². The number of allylic oxidation sites excluding steroid dienone is 1. The Morgan fingerprint density at radius 1 is 1.17 bits per heavy atom. The number of thiazole rings is 1. The van der Waals surface area contributed by atoms with Gasteiger partial charge in [0.15, 0.2) is 11.5 Å². The fourth-order valence-corrected chi connectivity index (χ4v) is 3.58. The summed E-state index contributed by atoms with van der Waals surface area (Å²) < 4.78 is 11.2. The average molecular weight is 405 g/mol. The van der Waals surface area contributed by atoms with Gasteiger partial charge >= 0.3 is 0 Å². The first kappa shape index (κ1) is 20.6. The second-order valence-corrected chi connectivity index (χ2v) is 7.54. The van der Waals surface area contributed by atoms with E-state index in [0.29, 0.717) is 28.7 Å². The Bertz CT molecular complexity index is 1030. The first-order chi connectivity index (χ1) is 14.1. The number of nitriles is 1. The Morgan fingerprint density at radius 2 is 1.97 bits per heavy atom. The summed E-state index contributed by atoms with van der Waals surface area (Å²) in [5.41, 5.74) is 4.52. The summed E-state index contributed by atoms with van der Waals surface area (Å²) in [6.45, 7) is 4.84. The molecule has 0 aliphatic rings. The van der Waals surface area contributed by atoms with Crippen molar-refractivity contribution in [3.63, 3.8) is 0 Å². The molecule has 0 aliphatic carbocycles. The lowest BCUT2D eigenvalue weighted by Crippen LogP contribution is -1.99. The van der Waals surface area contributed by atoms with Crippen LogP contribution >= 0.6 is 11.3 Å². The molecular formula is C24H24N2O2S. The van der Waals surface area contributed by atoms with Gasteiger partial charge in [-0.2, -0.15) is 5.26 Å². The van der Waals surface area contributed by atoms with Crippen LogP contribution in [-0.2, 0) is 0 Å². The third-order valence-electron chi connectivity index (χ3n) is 4.46. The number of rotatable bonds is 8. The fourth-order valence-electron chi connectivity index (χ4n) is 2.78. The van der Waals surface area contributed by atoms with Crippen LogP contribution in [0.4, 0.5) is 0 Å². The van der Waals surface area contributed by atoms with Crippen LogP contribution in [0.5, 0.6) is 11.5 Å². The van der Waals surface area contributed by atoms with Gasteiger partial charge in [0, 0.05) is 10.9 Å². The van der Waals surface area contributed by atoms with Crippen LogP contribution in [0.3, 0.4) is 0 Å². The lowest BCUT2D eigenvalue weighted by molar-refractivity contribution is 0.288. The van der Waals surface area contributed by atoms with E-state index < -0.39 is 0 Å². The molecule has 3 aromatic rings.